The molecule has 0 amide bonds. The summed E-state index contributed by atoms with van der Waals surface area (Å²) in [6.07, 6.45) is -0.908. The lowest BCUT2D eigenvalue weighted by molar-refractivity contribution is 0.112. The first-order chi connectivity index (χ1) is 8.13. The minimum Gasteiger partial charge on any atom is -0.298 e. The van der Waals surface area contributed by atoms with Crippen molar-refractivity contribution in [3.05, 3.63) is 29.1 Å². The molecule has 0 saturated heterocycles. The highest BCUT2D eigenvalue weighted by molar-refractivity contribution is 5.78. The van der Waals surface area contributed by atoms with E-state index in [4.69, 9.17) is 2.74 Å². The van der Waals surface area contributed by atoms with Gasteiger partial charge in [-0.05, 0) is 18.1 Å². The summed E-state index contributed by atoms with van der Waals surface area (Å²) < 4.78 is 14.7. The summed E-state index contributed by atoms with van der Waals surface area (Å²) in [6, 6.07) is 3.48. The fraction of sp³-hybridized carbons (Fsp3) is 0.429. The van der Waals surface area contributed by atoms with E-state index in [1.807, 2.05) is 20.8 Å². The third-order valence-corrected chi connectivity index (χ3v) is 2.13. The zero-order valence-corrected chi connectivity index (χ0v) is 10.1. The second kappa shape index (κ2) is 4.94. The largest absolute Gasteiger partial charge is 0.298 e. The molecule has 0 fully saturated rings. The number of nitrogens with zero attached hydrogens (tertiary/aromatic N) is 1. The summed E-state index contributed by atoms with van der Waals surface area (Å²) in [5.41, 5.74) is 1.42. The Labute approximate surface area is 99.9 Å². The lowest BCUT2D eigenvalue weighted by Crippen LogP contribution is -2.14. The fourth-order valence-corrected chi connectivity index (χ4v) is 1.20. The molecule has 0 aromatic carbocycles. The van der Waals surface area contributed by atoms with E-state index < -0.39 is 6.37 Å². The van der Waals surface area contributed by atoms with E-state index in [2.05, 4.69) is 16.8 Å². The van der Waals surface area contributed by atoms with E-state index in [1.54, 1.807) is 12.1 Å². The maximum absolute atomic E-state index is 10.9. The van der Waals surface area contributed by atoms with Crippen LogP contribution in [0.4, 0.5) is 0 Å². The minimum absolute atomic E-state index is 0.136. The van der Waals surface area contributed by atoms with Crippen molar-refractivity contribution in [2.24, 2.45) is 0 Å². The van der Waals surface area contributed by atoms with Gasteiger partial charge in [0, 0.05) is 25.8 Å². The monoisotopic (exact) mass is 217 g/mol. The van der Waals surface area contributed by atoms with Crippen molar-refractivity contribution in [1.82, 2.24) is 4.98 Å². The lowest BCUT2D eigenvalue weighted by Gasteiger charge is -2.17. The topological polar surface area (TPSA) is 30.0 Å². The van der Waals surface area contributed by atoms with Gasteiger partial charge in [0.25, 0.3) is 0 Å². The number of hydrogen-bond donors (Lipinski definition) is 0. The van der Waals surface area contributed by atoms with E-state index in [-0.39, 0.29) is 5.41 Å². The average Bonchev–Trinajstić information content (AvgIpc) is 2.23. The molecule has 1 heterocycles. The van der Waals surface area contributed by atoms with Crippen LogP contribution in [0.2, 0.25) is 0 Å². The van der Waals surface area contributed by atoms with Crippen LogP contribution in [0.3, 0.4) is 0 Å². The highest BCUT2D eigenvalue weighted by Gasteiger charge is 2.16. The molecule has 0 unspecified atom stereocenters. The van der Waals surface area contributed by atoms with Gasteiger partial charge in [-0.25, -0.2) is 4.98 Å². The van der Waals surface area contributed by atoms with Gasteiger partial charge in [0.2, 0.25) is 0 Å². The molecule has 2 heteroatoms. The molecular weight excluding hydrogens is 198 g/mol. The van der Waals surface area contributed by atoms with Crippen LogP contribution < -0.4 is 0 Å². The molecule has 0 aliphatic carbocycles. The molecule has 0 radical (unpaired) electrons. The molecule has 0 bridgehead atoms. The molecule has 1 aromatic rings. The Morgan fingerprint density at radius 1 is 1.50 bits per heavy atom. The van der Waals surface area contributed by atoms with Crippen LogP contribution in [-0.2, 0) is 5.41 Å². The van der Waals surface area contributed by atoms with Gasteiger partial charge in [-0.15, -0.1) is 0 Å². The maximum Gasteiger partial charge on any atom is 0.152 e. The first-order valence-electron chi connectivity index (χ1n) is 6.13. The fourth-order valence-electron chi connectivity index (χ4n) is 1.20. The number of carbonyl (C=O) groups excluding carboxylic acids is 1. The van der Waals surface area contributed by atoms with Crippen molar-refractivity contribution in [2.75, 3.05) is 0 Å². The van der Waals surface area contributed by atoms with E-state index in [0.717, 1.165) is 5.69 Å². The standard InChI is InChI=1S/C14H17NO/c1-5-6-7-12-11(10-16)8-9-13(15-12)14(2,3)4/h8-10H,5H2,1-4H3/i5D2. The Bertz CT molecular complexity index is 513. The molecule has 1 rings (SSSR count). The van der Waals surface area contributed by atoms with Gasteiger partial charge in [-0.1, -0.05) is 33.6 Å². The van der Waals surface area contributed by atoms with Crippen LogP contribution in [0.5, 0.6) is 0 Å². The number of carbonyl (C=O) groups is 1. The molecule has 0 saturated carbocycles. The molecular formula is C14H17NO. The van der Waals surface area contributed by atoms with Gasteiger partial charge in [-0.3, -0.25) is 4.79 Å². The Morgan fingerprint density at radius 2 is 2.19 bits per heavy atom. The van der Waals surface area contributed by atoms with Crippen molar-refractivity contribution < 1.29 is 7.54 Å². The Hall–Kier alpha value is -1.62. The smallest absolute Gasteiger partial charge is 0.152 e. The average molecular weight is 217 g/mol. The molecule has 84 valence electrons. The third-order valence-electron chi connectivity index (χ3n) is 2.13. The Balaban J connectivity index is 3.31. The highest BCUT2D eigenvalue weighted by atomic mass is 16.1. The van der Waals surface area contributed by atoms with Crippen LogP contribution in [-0.4, -0.2) is 11.3 Å². The summed E-state index contributed by atoms with van der Waals surface area (Å²) in [5, 5.41) is 0. The molecule has 0 atom stereocenters. The number of pyridine rings is 1. The van der Waals surface area contributed by atoms with E-state index >= 15 is 0 Å². The SMILES string of the molecule is [2H]C([2H])(C)C#Cc1nc(C(C)(C)C)ccc1C=O. The van der Waals surface area contributed by atoms with Crippen LogP contribution in [0.1, 0.15) is 58.6 Å². The summed E-state index contributed by atoms with van der Waals surface area (Å²) >= 11 is 0. The van der Waals surface area contributed by atoms with Crippen LogP contribution in [0.15, 0.2) is 12.1 Å². The highest BCUT2D eigenvalue weighted by Crippen LogP contribution is 2.20. The van der Waals surface area contributed by atoms with E-state index in [0.29, 0.717) is 17.5 Å². The van der Waals surface area contributed by atoms with Gasteiger partial charge in [-0.2, -0.15) is 0 Å². The minimum atomic E-state index is -1.60. The van der Waals surface area contributed by atoms with Crippen LogP contribution in [0.25, 0.3) is 0 Å². The lowest BCUT2D eigenvalue weighted by atomic mass is 9.91. The molecule has 0 aliphatic heterocycles. The summed E-state index contributed by atoms with van der Waals surface area (Å²) in [4.78, 5) is 15.3. The number of rotatable bonds is 1. The first-order valence-corrected chi connectivity index (χ1v) is 5.13. The molecule has 2 nitrogen and oxygen atoms in total. The van der Waals surface area contributed by atoms with E-state index in [9.17, 15) is 4.79 Å². The van der Waals surface area contributed by atoms with Crippen molar-refractivity contribution in [3.63, 3.8) is 0 Å². The summed E-state index contributed by atoms with van der Waals surface area (Å²) in [7, 11) is 0. The molecule has 0 aliphatic rings. The molecule has 0 spiro atoms. The molecule has 0 N–H and O–H groups in total. The number of aldehydes is 1. The third kappa shape index (κ3) is 2.93. The second-order valence-corrected chi connectivity index (χ2v) is 4.50. The van der Waals surface area contributed by atoms with Gasteiger partial charge in [0.1, 0.15) is 5.69 Å². The van der Waals surface area contributed by atoms with Gasteiger partial charge in [0.15, 0.2) is 6.29 Å². The predicted molar refractivity (Wildman–Crippen MR) is 65.5 cm³/mol. The van der Waals surface area contributed by atoms with Crippen LogP contribution in [0, 0.1) is 11.8 Å². The summed E-state index contributed by atoms with van der Waals surface area (Å²) in [5.74, 6) is 5.10. The first kappa shape index (κ1) is 9.59. The Morgan fingerprint density at radius 3 is 2.69 bits per heavy atom. The normalized spacial score (nSPS) is 13.2. The predicted octanol–water partition coefficient (Wildman–Crippen LogP) is 2.95. The number of hydrogen-bond acceptors (Lipinski definition) is 2. The molecule has 16 heavy (non-hydrogen) atoms. The maximum atomic E-state index is 10.9. The van der Waals surface area contributed by atoms with Crippen LogP contribution >= 0.6 is 0 Å². The number of aromatic nitrogens is 1. The van der Waals surface area contributed by atoms with Crippen molar-refractivity contribution in [1.29, 1.82) is 0 Å². The summed E-state index contributed by atoms with van der Waals surface area (Å²) in [6.45, 7) is 7.43. The van der Waals surface area contributed by atoms with Crippen molar-refractivity contribution in [3.8, 4) is 11.8 Å². The zero-order chi connectivity index (χ0) is 14.0. The zero-order valence-electron chi connectivity index (χ0n) is 12.1. The van der Waals surface area contributed by atoms with Gasteiger partial charge >= 0.3 is 0 Å². The van der Waals surface area contributed by atoms with Crippen molar-refractivity contribution in [2.45, 2.75) is 39.5 Å². The van der Waals surface area contributed by atoms with Crippen molar-refractivity contribution >= 4 is 6.29 Å². The Kier molecular flexibility index (Phi) is 2.96. The van der Waals surface area contributed by atoms with Gasteiger partial charge < -0.3 is 0 Å². The van der Waals surface area contributed by atoms with Gasteiger partial charge in [0.05, 0.1) is 0 Å². The molecule has 1 aromatic heterocycles. The second-order valence-electron chi connectivity index (χ2n) is 4.50. The van der Waals surface area contributed by atoms with E-state index in [1.165, 1.54) is 6.92 Å². The quantitative estimate of drug-likeness (QED) is 0.534.